The second-order valence-electron chi connectivity index (χ2n) is 4.36. The topological polar surface area (TPSA) is 96.2 Å². The number of likely N-dealkylation sites (N-methyl/N-ethyl adjacent to an activating group) is 2. The Balaban J connectivity index is 2.85. The Morgan fingerprint density at radius 2 is 2.10 bits per heavy atom. The second kappa shape index (κ2) is 8.19. The smallest absolute Gasteiger partial charge is 0.239 e. The number of nitrogen functional groups attached to an aromatic ring is 1. The van der Waals surface area contributed by atoms with Gasteiger partial charge >= 0.3 is 0 Å². The molecule has 1 rings (SSSR count). The summed E-state index contributed by atoms with van der Waals surface area (Å²) in [5.74, 6) is 1.51. The quantitative estimate of drug-likeness (QED) is 0.653. The molecule has 4 N–H and O–H groups in total. The van der Waals surface area contributed by atoms with Crippen molar-refractivity contribution in [3.63, 3.8) is 0 Å². The minimum absolute atomic E-state index is 0.0328. The maximum Gasteiger partial charge on any atom is 0.239 e. The van der Waals surface area contributed by atoms with Gasteiger partial charge in [0.2, 0.25) is 11.9 Å². The van der Waals surface area contributed by atoms with Gasteiger partial charge in [0.05, 0.1) is 6.54 Å². The predicted molar refractivity (Wildman–Crippen MR) is 81.8 cm³/mol. The molecule has 7 nitrogen and oxygen atoms in total. The number of carbonyl (C=O) groups is 1. The van der Waals surface area contributed by atoms with E-state index in [-0.39, 0.29) is 18.4 Å². The molecule has 0 saturated carbocycles. The molecule has 0 radical (unpaired) electrons. The van der Waals surface area contributed by atoms with Crippen molar-refractivity contribution in [1.29, 1.82) is 0 Å². The fraction of sp³-hybridized carbons (Fsp3) is 0.615. The summed E-state index contributed by atoms with van der Waals surface area (Å²) in [5.41, 5.74) is 5.72. The van der Waals surface area contributed by atoms with E-state index in [2.05, 4.69) is 27.5 Å². The van der Waals surface area contributed by atoms with E-state index in [1.807, 2.05) is 24.8 Å². The number of nitrogens with two attached hydrogens (primary N) is 1. The lowest BCUT2D eigenvalue weighted by atomic mass is 10.4. The van der Waals surface area contributed by atoms with E-state index >= 15 is 0 Å². The van der Waals surface area contributed by atoms with Crippen LogP contribution in [0.4, 0.5) is 17.6 Å². The first-order valence-electron chi connectivity index (χ1n) is 7.00. The van der Waals surface area contributed by atoms with Gasteiger partial charge in [-0.1, -0.05) is 6.92 Å². The van der Waals surface area contributed by atoms with Crippen molar-refractivity contribution in [2.24, 2.45) is 0 Å². The zero-order valence-corrected chi connectivity index (χ0v) is 12.4. The summed E-state index contributed by atoms with van der Waals surface area (Å²) in [6, 6.07) is 1.81. The summed E-state index contributed by atoms with van der Waals surface area (Å²) in [4.78, 5) is 21.9. The summed E-state index contributed by atoms with van der Waals surface area (Å²) in [6.07, 6.45) is 0.996. The first-order chi connectivity index (χ1) is 9.60. The Hall–Kier alpha value is -2.05. The summed E-state index contributed by atoms with van der Waals surface area (Å²) >= 11 is 0. The minimum Gasteiger partial charge on any atom is -0.370 e. The fourth-order valence-electron chi connectivity index (χ4n) is 1.74. The fourth-order valence-corrected chi connectivity index (χ4v) is 1.74. The summed E-state index contributed by atoms with van der Waals surface area (Å²) < 4.78 is 0. The summed E-state index contributed by atoms with van der Waals surface area (Å²) in [7, 11) is 0. The molecular formula is C13H24N6O. The minimum atomic E-state index is -0.0328. The Labute approximate surface area is 120 Å². The molecule has 1 amide bonds. The molecule has 0 fully saturated rings. The molecule has 0 saturated heterocycles. The molecule has 0 aromatic carbocycles. The average molecular weight is 280 g/mol. The highest BCUT2D eigenvalue weighted by Crippen LogP contribution is 2.16. The van der Waals surface area contributed by atoms with Crippen molar-refractivity contribution in [3.05, 3.63) is 6.07 Å². The third-order valence-electron chi connectivity index (χ3n) is 2.70. The van der Waals surface area contributed by atoms with Crippen molar-refractivity contribution in [2.75, 3.05) is 42.1 Å². The van der Waals surface area contributed by atoms with Gasteiger partial charge in [-0.05, 0) is 20.3 Å². The molecule has 0 aliphatic rings. The SMILES string of the molecule is CCCNc1cc(N(CC)CC(=O)NCC)nc(N)n1. The predicted octanol–water partition coefficient (Wildman–Crippen LogP) is 0.843. The lowest BCUT2D eigenvalue weighted by Crippen LogP contribution is -2.37. The Kier molecular flexibility index (Phi) is 6.55. The number of aromatic nitrogens is 2. The molecule has 0 aliphatic heterocycles. The van der Waals surface area contributed by atoms with Crippen molar-refractivity contribution in [3.8, 4) is 0 Å². The molecule has 0 aliphatic carbocycles. The molecule has 7 heteroatoms. The molecule has 0 spiro atoms. The molecule has 1 heterocycles. The second-order valence-corrected chi connectivity index (χ2v) is 4.36. The van der Waals surface area contributed by atoms with Crippen LogP contribution in [0.15, 0.2) is 6.07 Å². The number of anilines is 3. The molecule has 1 aromatic rings. The molecule has 0 bridgehead atoms. The van der Waals surface area contributed by atoms with Crippen LogP contribution in [0, 0.1) is 0 Å². The van der Waals surface area contributed by atoms with E-state index < -0.39 is 0 Å². The first kappa shape index (κ1) is 16.0. The number of nitrogens with one attached hydrogen (secondary N) is 2. The summed E-state index contributed by atoms with van der Waals surface area (Å²) in [6.45, 7) is 8.30. The molecule has 0 atom stereocenters. The lowest BCUT2D eigenvalue weighted by molar-refractivity contribution is -0.119. The molecular weight excluding hydrogens is 256 g/mol. The highest BCUT2D eigenvalue weighted by Gasteiger charge is 2.12. The van der Waals surface area contributed by atoms with E-state index in [9.17, 15) is 4.79 Å². The van der Waals surface area contributed by atoms with E-state index in [4.69, 9.17) is 5.73 Å². The average Bonchev–Trinajstić information content (AvgIpc) is 2.42. The van der Waals surface area contributed by atoms with Crippen LogP contribution in [-0.4, -0.2) is 42.1 Å². The normalized spacial score (nSPS) is 10.2. The molecule has 112 valence electrons. The van der Waals surface area contributed by atoms with Crippen LogP contribution in [0.1, 0.15) is 27.2 Å². The van der Waals surface area contributed by atoms with Crippen molar-refractivity contribution >= 4 is 23.5 Å². The number of carbonyl (C=O) groups excluding carboxylic acids is 1. The number of nitrogens with zero attached hydrogens (tertiary/aromatic N) is 3. The number of hydrogen-bond donors (Lipinski definition) is 3. The van der Waals surface area contributed by atoms with Crippen LogP contribution >= 0.6 is 0 Å². The highest BCUT2D eigenvalue weighted by atomic mass is 16.2. The van der Waals surface area contributed by atoms with Crippen molar-refractivity contribution < 1.29 is 4.79 Å². The van der Waals surface area contributed by atoms with Gasteiger partial charge in [0, 0.05) is 25.7 Å². The van der Waals surface area contributed by atoms with Crippen LogP contribution in [0.5, 0.6) is 0 Å². The van der Waals surface area contributed by atoms with Crippen LogP contribution in [-0.2, 0) is 4.79 Å². The maximum atomic E-state index is 11.7. The van der Waals surface area contributed by atoms with Gasteiger partial charge in [-0.25, -0.2) is 0 Å². The van der Waals surface area contributed by atoms with Crippen LogP contribution in [0.25, 0.3) is 0 Å². The standard InChI is InChI=1S/C13H24N6O/c1-4-7-16-10-8-11(18-13(14)17-10)19(6-3)9-12(20)15-5-2/h8H,4-7,9H2,1-3H3,(H,15,20)(H3,14,16,17,18). The van der Waals surface area contributed by atoms with Gasteiger partial charge in [0.25, 0.3) is 0 Å². The van der Waals surface area contributed by atoms with Gasteiger partial charge in [-0.3, -0.25) is 4.79 Å². The van der Waals surface area contributed by atoms with E-state index in [0.29, 0.717) is 24.7 Å². The number of rotatable bonds is 8. The molecule has 0 unspecified atom stereocenters. The van der Waals surface area contributed by atoms with Gasteiger partial charge in [0.15, 0.2) is 0 Å². The summed E-state index contributed by atoms with van der Waals surface area (Å²) in [5, 5.41) is 5.95. The number of amides is 1. The maximum absolute atomic E-state index is 11.7. The van der Waals surface area contributed by atoms with Gasteiger partial charge in [0.1, 0.15) is 11.6 Å². The van der Waals surface area contributed by atoms with Crippen LogP contribution < -0.4 is 21.3 Å². The third kappa shape index (κ3) is 4.91. The molecule has 20 heavy (non-hydrogen) atoms. The van der Waals surface area contributed by atoms with Crippen molar-refractivity contribution in [2.45, 2.75) is 27.2 Å². The van der Waals surface area contributed by atoms with E-state index in [1.165, 1.54) is 0 Å². The van der Waals surface area contributed by atoms with Crippen LogP contribution in [0.3, 0.4) is 0 Å². The highest BCUT2D eigenvalue weighted by molar-refractivity contribution is 5.81. The molecule has 1 aromatic heterocycles. The Morgan fingerprint density at radius 3 is 2.70 bits per heavy atom. The monoisotopic (exact) mass is 280 g/mol. The van der Waals surface area contributed by atoms with Crippen molar-refractivity contribution in [1.82, 2.24) is 15.3 Å². The van der Waals surface area contributed by atoms with E-state index in [1.54, 1.807) is 0 Å². The third-order valence-corrected chi connectivity index (χ3v) is 2.70. The Morgan fingerprint density at radius 1 is 1.35 bits per heavy atom. The number of hydrogen-bond acceptors (Lipinski definition) is 6. The zero-order valence-electron chi connectivity index (χ0n) is 12.4. The van der Waals surface area contributed by atoms with Gasteiger partial charge in [-0.2, -0.15) is 9.97 Å². The first-order valence-corrected chi connectivity index (χ1v) is 7.00. The van der Waals surface area contributed by atoms with E-state index in [0.717, 1.165) is 13.0 Å². The lowest BCUT2D eigenvalue weighted by Gasteiger charge is -2.22. The largest absolute Gasteiger partial charge is 0.370 e. The zero-order chi connectivity index (χ0) is 15.0. The Bertz CT molecular complexity index is 437. The van der Waals surface area contributed by atoms with Crippen LogP contribution in [0.2, 0.25) is 0 Å². The van der Waals surface area contributed by atoms with Gasteiger partial charge in [-0.15, -0.1) is 0 Å². The van der Waals surface area contributed by atoms with Gasteiger partial charge < -0.3 is 21.3 Å².